The van der Waals surface area contributed by atoms with Crippen LogP contribution in [0, 0.1) is 19.7 Å². The number of carbonyl (C=O) groups is 1. The summed E-state index contributed by atoms with van der Waals surface area (Å²) in [6.07, 6.45) is 1.06. The summed E-state index contributed by atoms with van der Waals surface area (Å²) in [4.78, 5) is 14.9. The Labute approximate surface area is 96.5 Å². The Kier molecular flexibility index (Phi) is 2.63. The van der Waals surface area contributed by atoms with E-state index < -0.39 is 11.8 Å². The van der Waals surface area contributed by atoms with Crippen LogP contribution in [0.25, 0.3) is 5.82 Å². The summed E-state index contributed by atoms with van der Waals surface area (Å²) in [5, 5.41) is 13.1. The van der Waals surface area contributed by atoms with Gasteiger partial charge in [0.15, 0.2) is 5.82 Å². The van der Waals surface area contributed by atoms with Gasteiger partial charge in [-0.3, -0.25) is 0 Å². The summed E-state index contributed by atoms with van der Waals surface area (Å²) < 4.78 is 14.1. The molecule has 0 aromatic carbocycles. The second-order valence-corrected chi connectivity index (χ2v) is 3.60. The van der Waals surface area contributed by atoms with Crippen molar-refractivity contribution in [3.05, 3.63) is 41.1 Å². The quantitative estimate of drug-likeness (QED) is 0.860. The topological polar surface area (TPSA) is 68.0 Å². The number of aromatic nitrogens is 3. The number of hydrogen-bond acceptors (Lipinski definition) is 3. The number of nitrogens with zero attached hydrogens (tertiary/aromatic N) is 3. The largest absolute Gasteiger partial charge is 0.478 e. The van der Waals surface area contributed by atoms with Crippen molar-refractivity contribution < 1.29 is 14.3 Å². The van der Waals surface area contributed by atoms with E-state index in [9.17, 15) is 9.18 Å². The van der Waals surface area contributed by atoms with E-state index in [1.54, 1.807) is 13.8 Å². The Morgan fingerprint density at radius 3 is 2.59 bits per heavy atom. The molecule has 0 bridgehead atoms. The first-order chi connectivity index (χ1) is 8.00. The van der Waals surface area contributed by atoms with Gasteiger partial charge in [0.25, 0.3) is 0 Å². The smallest absolute Gasteiger partial charge is 0.339 e. The van der Waals surface area contributed by atoms with Gasteiger partial charge in [0, 0.05) is 0 Å². The standard InChI is InChI=1S/C11H10FN3O2/c1-6-10(11(16)17)7(2)15(14-6)9-4-3-8(12)5-13-9/h3-5H,1-2H3,(H,16,17). The van der Waals surface area contributed by atoms with Gasteiger partial charge in [-0.15, -0.1) is 0 Å². The Morgan fingerprint density at radius 2 is 2.12 bits per heavy atom. The van der Waals surface area contributed by atoms with Crippen molar-refractivity contribution in [2.75, 3.05) is 0 Å². The molecule has 1 N–H and O–H groups in total. The molecule has 0 amide bonds. The summed E-state index contributed by atoms with van der Waals surface area (Å²) in [5.74, 6) is -1.10. The number of aromatic carboxylic acids is 1. The molecular formula is C11H10FN3O2. The van der Waals surface area contributed by atoms with Crippen molar-refractivity contribution in [2.24, 2.45) is 0 Å². The van der Waals surface area contributed by atoms with E-state index in [1.807, 2.05) is 0 Å². The molecule has 2 aromatic rings. The van der Waals surface area contributed by atoms with Crippen LogP contribution in [0.2, 0.25) is 0 Å². The second kappa shape index (κ2) is 3.97. The summed E-state index contributed by atoms with van der Waals surface area (Å²) in [6, 6.07) is 2.69. The maximum Gasteiger partial charge on any atom is 0.339 e. The third kappa shape index (κ3) is 1.89. The first kappa shape index (κ1) is 11.3. The minimum atomic E-state index is -1.03. The number of aryl methyl sites for hydroxylation is 1. The van der Waals surface area contributed by atoms with Crippen molar-refractivity contribution in [1.29, 1.82) is 0 Å². The molecule has 17 heavy (non-hydrogen) atoms. The monoisotopic (exact) mass is 235 g/mol. The van der Waals surface area contributed by atoms with Crippen molar-refractivity contribution in [2.45, 2.75) is 13.8 Å². The number of carboxylic acids is 1. The van der Waals surface area contributed by atoms with Crippen LogP contribution >= 0.6 is 0 Å². The summed E-state index contributed by atoms with van der Waals surface area (Å²) in [6.45, 7) is 3.24. The lowest BCUT2D eigenvalue weighted by molar-refractivity contribution is 0.0695. The van der Waals surface area contributed by atoms with Crippen LogP contribution in [-0.4, -0.2) is 25.8 Å². The van der Waals surface area contributed by atoms with Crippen LogP contribution in [-0.2, 0) is 0 Å². The van der Waals surface area contributed by atoms with E-state index in [0.29, 0.717) is 17.2 Å². The van der Waals surface area contributed by atoms with E-state index >= 15 is 0 Å². The third-order valence-corrected chi connectivity index (χ3v) is 2.43. The van der Waals surface area contributed by atoms with E-state index in [0.717, 1.165) is 6.20 Å². The average Bonchev–Trinajstić information content (AvgIpc) is 2.55. The molecule has 0 saturated carbocycles. The first-order valence-electron chi connectivity index (χ1n) is 4.92. The number of carboxylic acid groups (broad SMARTS) is 1. The molecular weight excluding hydrogens is 225 g/mol. The van der Waals surface area contributed by atoms with Gasteiger partial charge in [-0.25, -0.2) is 18.9 Å². The highest BCUT2D eigenvalue weighted by atomic mass is 19.1. The fraction of sp³-hybridized carbons (Fsp3) is 0.182. The van der Waals surface area contributed by atoms with Crippen LogP contribution in [0.3, 0.4) is 0 Å². The van der Waals surface area contributed by atoms with Crippen LogP contribution in [0.4, 0.5) is 4.39 Å². The zero-order valence-electron chi connectivity index (χ0n) is 9.31. The van der Waals surface area contributed by atoms with E-state index in [-0.39, 0.29) is 5.56 Å². The molecule has 0 aliphatic carbocycles. The normalized spacial score (nSPS) is 10.5. The maximum absolute atomic E-state index is 12.7. The minimum absolute atomic E-state index is 0.149. The zero-order valence-corrected chi connectivity index (χ0v) is 9.31. The van der Waals surface area contributed by atoms with Gasteiger partial charge in [0.05, 0.1) is 17.6 Å². The highest BCUT2D eigenvalue weighted by Crippen LogP contribution is 2.16. The van der Waals surface area contributed by atoms with Crippen LogP contribution in [0.15, 0.2) is 18.3 Å². The molecule has 0 radical (unpaired) electrons. The van der Waals surface area contributed by atoms with Crippen LogP contribution in [0.5, 0.6) is 0 Å². The van der Waals surface area contributed by atoms with Crippen molar-refractivity contribution in [3.8, 4) is 5.82 Å². The molecule has 0 aliphatic rings. The fourth-order valence-corrected chi connectivity index (χ4v) is 1.67. The minimum Gasteiger partial charge on any atom is -0.478 e. The highest BCUT2D eigenvalue weighted by Gasteiger charge is 2.18. The Hall–Kier alpha value is -2.24. The Balaban J connectivity index is 2.57. The SMILES string of the molecule is Cc1nn(-c2ccc(F)cn2)c(C)c1C(=O)O. The maximum atomic E-state index is 12.7. The Bertz CT molecular complexity index is 575. The number of halogens is 1. The molecule has 2 heterocycles. The highest BCUT2D eigenvalue weighted by molar-refractivity contribution is 5.90. The molecule has 88 valence electrons. The molecule has 0 spiro atoms. The van der Waals surface area contributed by atoms with Gasteiger partial charge in [0.1, 0.15) is 11.4 Å². The van der Waals surface area contributed by atoms with E-state index in [1.165, 1.54) is 16.8 Å². The fourth-order valence-electron chi connectivity index (χ4n) is 1.67. The lowest BCUT2D eigenvalue weighted by Gasteiger charge is -2.02. The lowest BCUT2D eigenvalue weighted by Crippen LogP contribution is -2.04. The third-order valence-electron chi connectivity index (χ3n) is 2.43. The van der Waals surface area contributed by atoms with Crippen molar-refractivity contribution >= 4 is 5.97 Å². The van der Waals surface area contributed by atoms with Crippen molar-refractivity contribution in [3.63, 3.8) is 0 Å². The summed E-state index contributed by atoms with van der Waals surface area (Å²) in [5.41, 5.74) is 1.02. The first-order valence-corrected chi connectivity index (χ1v) is 4.92. The van der Waals surface area contributed by atoms with Crippen LogP contribution < -0.4 is 0 Å². The molecule has 2 aromatic heterocycles. The summed E-state index contributed by atoms with van der Waals surface area (Å²) >= 11 is 0. The van der Waals surface area contributed by atoms with Gasteiger partial charge in [0.2, 0.25) is 0 Å². The molecule has 0 saturated heterocycles. The summed E-state index contributed by atoms with van der Waals surface area (Å²) in [7, 11) is 0. The molecule has 6 heteroatoms. The molecule has 2 rings (SSSR count). The Morgan fingerprint density at radius 1 is 1.41 bits per heavy atom. The number of hydrogen-bond donors (Lipinski definition) is 1. The molecule has 0 unspecified atom stereocenters. The van der Waals surface area contributed by atoms with Gasteiger partial charge in [-0.05, 0) is 26.0 Å². The lowest BCUT2D eigenvalue weighted by atomic mass is 10.2. The van der Waals surface area contributed by atoms with Gasteiger partial charge < -0.3 is 5.11 Å². The number of pyridine rings is 1. The molecule has 0 fully saturated rings. The van der Waals surface area contributed by atoms with Crippen LogP contribution in [0.1, 0.15) is 21.7 Å². The second-order valence-electron chi connectivity index (χ2n) is 3.60. The predicted octanol–water partition coefficient (Wildman–Crippen LogP) is 1.72. The predicted molar refractivity (Wildman–Crippen MR) is 57.8 cm³/mol. The zero-order chi connectivity index (χ0) is 12.6. The average molecular weight is 235 g/mol. The van der Waals surface area contributed by atoms with Gasteiger partial charge in [-0.2, -0.15) is 5.10 Å². The van der Waals surface area contributed by atoms with Crippen molar-refractivity contribution in [1.82, 2.24) is 14.8 Å². The van der Waals surface area contributed by atoms with Gasteiger partial charge >= 0.3 is 5.97 Å². The molecule has 0 aliphatic heterocycles. The van der Waals surface area contributed by atoms with Gasteiger partial charge in [-0.1, -0.05) is 0 Å². The number of rotatable bonds is 2. The molecule has 0 atom stereocenters. The molecule has 5 nitrogen and oxygen atoms in total. The van der Waals surface area contributed by atoms with E-state index in [2.05, 4.69) is 10.1 Å². The van der Waals surface area contributed by atoms with E-state index in [4.69, 9.17) is 5.11 Å².